The third-order valence-electron chi connectivity index (χ3n) is 2.48. The number of rotatable bonds is 8. The van der Waals surface area contributed by atoms with Crippen LogP contribution in [0.15, 0.2) is 18.7 Å². The minimum Gasteiger partial charge on any atom is -0.337 e. The number of unbranched alkanes of at least 4 members (excludes halogenated alkanes) is 6. The van der Waals surface area contributed by atoms with Crippen molar-refractivity contribution in [2.75, 3.05) is 0 Å². The summed E-state index contributed by atoms with van der Waals surface area (Å²) < 4.78 is 2.15. The van der Waals surface area contributed by atoms with Crippen LogP contribution in [0.2, 0.25) is 0 Å². The molecule has 0 aromatic carbocycles. The maximum absolute atomic E-state index is 4.02. The maximum atomic E-state index is 4.02. The molecule has 0 unspecified atom stereocenters. The number of aromatic nitrogens is 2. The van der Waals surface area contributed by atoms with Crippen molar-refractivity contribution in [1.29, 1.82) is 0 Å². The molecule has 0 N–H and O–H groups in total. The van der Waals surface area contributed by atoms with E-state index >= 15 is 0 Å². The number of hydrogen-bond donors (Lipinski definition) is 0. The van der Waals surface area contributed by atoms with Crippen LogP contribution >= 0.6 is 0 Å². The van der Waals surface area contributed by atoms with Gasteiger partial charge in [0, 0.05) is 18.9 Å². The fourth-order valence-corrected chi connectivity index (χ4v) is 1.60. The van der Waals surface area contributed by atoms with Crippen molar-refractivity contribution in [2.24, 2.45) is 0 Å². The highest BCUT2D eigenvalue weighted by Gasteiger charge is 1.91. The molecule has 79 valence electrons. The molecule has 2 nitrogen and oxygen atoms in total. The Labute approximate surface area is 87.4 Å². The van der Waals surface area contributed by atoms with E-state index in [1.165, 1.54) is 38.5 Å². The molecule has 1 rings (SSSR count). The molecule has 0 spiro atoms. The minimum absolute atomic E-state index is 1.09. The first-order chi connectivity index (χ1) is 6.93. The molecular weight excluding hydrogens is 172 g/mol. The first-order valence-corrected chi connectivity index (χ1v) is 5.68. The van der Waals surface area contributed by atoms with Crippen LogP contribution in [0.4, 0.5) is 0 Å². The summed E-state index contributed by atoms with van der Waals surface area (Å²) in [4.78, 5) is 4.02. The van der Waals surface area contributed by atoms with Crippen LogP contribution in [0.3, 0.4) is 0 Å². The third-order valence-corrected chi connectivity index (χ3v) is 2.48. The number of hydrogen-bond acceptors (Lipinski definition) is 1. The van der Waals surface area contributed by atoms with Gasteiger partial charge in [0.05, 0.1) is 6.33 Å². The average molecular weight is 193 g/mol. The first kappa shape index (κ1) is 11.3. The van der Waals surface area contributed by atoms with Crippen LogP contribution < -0.4 is 0 Å². The van der Waals surface area contributed by atoms with Crippen molar-refractivity contribution < 1.29 is 0 Å². The monoisotopic (exact) mass is 193 g/mol. The summed E-state index contributed by atoms with van der Waals surface area (Å²) in [6.45, 7) is 4.96. The molecular formula is C12H21N2. The standard InChI is InChI=1S/C12H21N2/c1-2-3-4-5-6-7-8-10-14-11-9-13-12-14/h9,11-12H,1-8,10H2. The van der Waals surface area contributed by atoms with E-state index in [4.69, 9.17) is 0 Å². The van der Waals surface area contributed by atoms with Gasteiger partial charge in [-0.1, -0.05) is 45.4 Å². The van der Waals surface area contributed by atoms with Crippen molar-refractivity contribution in [1.82, 2.24) is 9.55 Å². The average Bonchev–Trinajstić information content (AvgIpc) is 2.69. The Hall–Kier alpha value is -0.790. The van der Waals surface area contributed by atoms with Gasteiger partial charge in [0.1, 0.15) is 0 Å². The van der Waals surface area contributed by atoms with Gasteiger partial charge in [-0.05, 0) is 6.42 Å². The number of aryl methyl sites for hydroxylation is 1. The highest BCUT2D eigenvalue weighted by atomic mass is 15.0. The van der Waals surface area contributed by atoms with Gasteiger partial charge >= 0.3 is 0 Å². The highest BCUT2D eigenvalue weighted by Crippen LogP contribution is 2.07. The Morgan fingerprint density at radius 3 is 2.36 bits per heavy atom. The molecule has 0 atom stereocenters. The summed E-state index contributed by atoms with van der Waals surface area (Å²) >= 11 is 0. The van der Waals surface area contributed by atoms with Crippen LogP contribution in [0.1, 0.15) is 44.9 Å². The molecule has 0 amide bonds. The summed E-state index contributed by atoms with van der Waals surface area (Å²) in [7, 11) is 0. The van der Waals surface area contributed by atoms with Crippen LogP contribution in [-0.2, 0) is 6.54 Å². The lowest BCUT2D eigenvalue weighted by Crippen LogP contribution is -1.93. The molecule has 0 aliphatic carbocycles. The van der Waals surface area contributed by atoms with Crippen LogP contribution in [0.25, 0.3) is 0 Å². The summed E-state index contributed by atoms with van der Waals surface area (Å²) in [6.07, 6.45) is 14.9. The van der Waals surface area contributed by atoms with Crippen molar-refractivity contribution in [3.63, 3.8) is 0 Å². The summed E-state index contributed by atoms with van der Waals surface area (Å²) in [5, 5.41) is 0. The van der Waals surface area contributed by atoms with E-state index < -0.39 is 0 Å². The Morgan fingerprint density at radius 2 is 1.71 bits per heavy atom. The second-order valence-electron chi connectivity index (χ2n) is 3.78. The van der Waals surface area contributed by atoms with Crippen LogP contribution in [0.5, 0.6) is 0 Å². The molecule has 0 fully saturated rings. The van der Waals surface area contributed by atoms with Gasteiger partial charge in [0.25, 0.3) is 0 Å². The first-order valence-electron chi connectivity index (χ1n) is 5.68. The molecule has 1 radical (unpaired) electrons. The molecule has 0 aliphatic heterocycles. The van der Waals surface area contributed by atoms with E-state index in [1.54, 1.807) is 0 Å². The molecule has 1 aromatic rings. The molecule has 0 aliphatic rings. The Balaban J connectivity index is 1.85. The van der Waals surface area contributed by atoms with Crippen molar-refractivity contribution in [2.45, 2.75) is 51.5 Å². The van der Waals surface area contributed by atoms with Gasteiger partial charge in [0.15, 0.2) is 0 Å². The Bertz CT molecular complexity index is 204. The molecule has 0 saturated heterocycles. The van der Waals surface area contributed by atoms with Gasteiger partial charge in [0.2, 0.25) is 0 Å². The van der Waals surface area contributed by atoms with Gasteiger partial charge in [-0.15, -0.1) is 0 Å². The SMILES string of the molecule is [CH2]CCCCCCCCn1ccnc1. The lowest BCUT2D eigenvalue weighted by atomic mass is 10.1. The lowest BCUT2D eigenvalue weighted by Gasteiger charge is -2.02. The third kappa shape index (κ3) is 5.05. The van der Waals surface area contributed by atoms with Crippen LogP contribution in [0, 0.1) is 6.92 Å². The van der Waals surface area contributed by atoms with E-state index in [-0.39, 0.29) is 0 Å². The summed E-state index contributed by atoms with van der Waals surface area (Å²) in [5.41, 5.74) is 0. The molecule has 1 heterocycles. The van der Waals surface area contributed by atoms with Crippen molar-refractivity contribution >= 4 is 0 Å². The lowest BCUT2D eigenvalue weighted by molar-refractivity contribution is 0.553. The van der Waals surface area contributed by atoms with Crippen molar-refractivity contribution in [3.05, 3.63) is 25.6 Å². The zero-order valence-electron chi connectivity index (χ0n) is 8.99. The minimum atomic E-state index is 1.09. The number of nitrogens with zero attached hydrogens (tertiary/aromatic N) is 2. The van der Waals surface area contributed by atoms with Crippen LogP contribution in [-0.4, -0.2) is 9.55 Å². The Morgan fingerprint density at radius 1 is 1.00 bits per heavy atom. The topological polar surface area (TPSA) is 17.8 Å². The van der Waals surface area contributed by atoms with Gasteiger partial charge in [-0.25, -0.2) is 4.98 Å². The van der Waals surface area contributed by atoms with Gasteiger partial charge in [-0.2, -0.15) is 0 Å². The van der Waals surface area contributed by atoms with E-state index in [9.17, 15) is 0 Å². The fourth-order valence-electron chi connectivity index (χ4n) is 1.60. The summed E-state index contributed by atoms with van der Waals surface area (Å²) in [6, 6.07) is 0. The Kier molecular flexibility index (Phi) is 6.13. The van der Waals surface area contributed by atoms with E-state index in [2.05, 4.69) is 16.5 Å². The predicted octanol–water partition coefficient (Wildman–Crippen LogP) is 3.45. The number of imidazole rings is 1. The molecule has 2 heteroatoms. The molecule has 14 heavy (non-hydrogen) atoms. The predicted molar refractivity (Wildman–Crippen MR) is 59.9 cm³/mol. The molecule has 0 bridgehead atoms. The van der Waals surface area contributed by atoms with Gasteiger partial charge < -0.3 is 4.57 Å². The summed E-state index contributed by atoms with van der Waals surface area (Å²) in [5.74, 6) is 0. The largest absolute Gasteiger partial charge is 0.337 e. The quantitative estimate of drug-likeness (QED) is 0.578. The maximum Gasteiger partial charge on any atom is 0.0945 e. The molecule has 1 aromatic heterocycles. The highest BCUT2D eigenvalue weighted by molar-refractivity contribution is 4.73. The van der Waals surface area contributed by atoms with E-state index in [0.717, 1.165) is 13.0 Å². The zero-order valence-corrected chi connectivity index (χ0v) is 8.99. The zero-order chi connectivity index (χ0) is 10.1. The molecule has 0 saturated carbocycles. The second-order valence-corrected chi connectivity index (χ2v) is 3.78. The van der Waals surface area contributed by atoms with Crippen molar-refractivity contribution in [3.8, 4) is 0 Å². The fraction of sp³-hybridized carbons (Fsp3) is 0.667. The van der Waals surface area contributed by atoms with E-state index in [0.29, 0.717) is 0 Å². The van der Waals surface area contributed by atoms with E-state index in [1.807, 2.05) is 18.7 Å². The van der Waals surface area contributed by atoms with Gasteiger partial charge in [-0.3, -0.25) is 0 Å². The smallest absolute Gasteiger partial charge is 0.0945 e. The second kappa shape index (κ2) is 7.60. The normalized spacial score (nSPS) is 10.6.